The summed E-state index contributed by atoms with van der Waals surface area (Å²) in [6.45, 7) is 5.29. The van der Waals surface area contributed by atoms with Gasteiger partial charge in [-0.25, -0.2) is 37.8 Å². The lowest BCUT2D eigenvalue weighted by Gasteiger charge is -2.51. The Labute approximate surface area is 217 Å². The minimum Gasteiger partial charge on any atom is -0.444 e. The standard InChI is InChI=1S/C21H24BrClF3N5O3S/c1-5-35-17-27-13-11(14(22)28-15(23)12(13)24)16(29-17)30-9-20(25)6-7-21(26,10(30)8-32)31(20)18(33)34-19(2,3)4/h10,32H,5-9H2,1-4H3/t10-,20-,21+/m1/s1. The number of carbonyl (C=O) groups excluding carboxylic acids is 1. The summed E-state index contributed by atoms with van der Waals surface area (Å²) < 4.78 is 53.2. The van der Waals surface area contributed by atoms with Crippen LogP contribution in [0, 0.1) is 5.82 Å². The number of nitrogens with zero attached hydrogens (tertiary/aromatic N) is 5. The van der Waals surface area contributed by atoms with Crippen LogP contribution >= 0.6 is 39.3 Å². The molecule has 2 aromatic rings. The second-order valence-corrected chi connectivity index (χ2v) is 11.7. The lowest BCUT2D eigenvalue weighted by Crippen LogP contribution is -2.72. The van der Waals surface area contributed by atoms with Crippen LogP contribution in [0.1, 0.15) is 40.5 Å². The number of alkyl halides is 2. The summed E-state index contributed by atoms with van der Waals surface area (Å²) in [6, 6.07) is -1.43. The van der Waals surface area contributed by atoms with Gasteiger partial charge in [0.1, 0.15) is 27.6 Å². The van der Waals surface area contributed by atoms with E-state index in [1.807, 2.05) is 6.92 Å². The maximum Gasteiger partial charge on any atom is 0.415 e. The smallest absolute Gasteiger partial charge is 0.415 e. The van der Waals surface area contributed by atoms with Gasteiger partial charge in [0.2, 0.25) is 11.6 Å². The molecule has 2 aliphatic heterocycles. The van der Waals surface area contributed by atoms with Gasteiger partial charge in [0.25, 0.3) is 0 Å². The highest BCUT2D eigenvalue weighted by atomic mass is 79.9. The third-order valence-electron chi connectivity index (χ3n) is 5.89. The first-order valence-electron chi connectivity index (χ1n) is 10.9. The van der Waals surface area contributed by atoms with E-state index < -0.39 is 53.4 Å². The number of halogens is 5. The minimum absolute atomic E-state index is 0.0327. The number of piperazine rings is 1. The van der Waals surface area contributed by atoms with Gasteiger partial charge in [0.05, 0.1) is 18.5 Å². The molecule has 2 fully saturated rings. The van der Waals surface area contributed by atoms with Crippen molar-refractivity contribution in [3.63, 3.8) is 0 Å². The number of thioether (sulfide) groups is 1. The monoisotopic (exact) mass is 597 g/mol. The fourth-order valence-corrected chi connectivity index (χ4v) is 5.93. The van der Waals surface area contributed by atoms with Crippen molar-refractivity contribution in [2.24, 2.45) is 0 Å². The Morgan fingerprint density at radius 3 is 2.60 bits per heavy atom. The molecule has 0 radical (unpaired) electrons. The highest BCUT2D eigenvalue weighted by molar-refractivity contribution is 9.10. The van der Waals surface area contributed by atoms with Gasteiger partial charge in [-0.1, -0.05) is 30.3 Å². The number of amides is 1. The number of aromatic nitrogens is 3. The van der Waals surface area contributed by atoms with Gasteiger partial charge in [0.15, 0.2) is 16.1 Å². The van der Waals surface area contributed by atoms with Crippen LogP contribution in [0.3, 0.4) is 0 Å². The molecule has 2 aliphatic rings. The van der Waals surface area contributed by atoms with Gasteiger partial charge >= 0.3 is 6.09 Å². The van der Waals surface area contributed by atoms with Gasteiger partial charge in [-0.2, -0.15) is 0 Å². The van der Waals surface area contributed by atoms with E-state index in [0.29, 0.717) is 10.7 Å². The molecule has 8 nitrogen and oxygen atoms in total. The SMILES string of the molecule is CCSc1nc(N2C[C@@]3(F)CC[C@@](F)([C@H]2CO)N3C(=O)OC(C)(C)C)c2c(Br)nc(Cl)c(F)c2n1. The Kier molecular flexibility index (Phi) is 6.87. The number of hydrogen-bond donors (Lipinski definition) is 1. The Morgan fingerprint density at radius 1 is 1.31 bits per heavy atom. The predicted octanol–water partition coefficient (Wildman–Crippen LogP) is 5.24. The van der Waals surface area contributed by atoms with Crippen LogP contribution < -0.4 is 4.90 Å². The molecule has 0 spiro atoms. The lowest BCUT2D eigenvalue weighted by molar-refractivity contribution is -0.137. The first-order valence-corrected chi connectivity index (χ1v) is 13.0. The molecule has 0 unspecified atom stereocenters. The van der Waals surface area contributed by atoms with Crippen LogP contribution in [0.2, 0.25) is 5.15 Å². The van der Waals surface area contributed by atoms with E-state index in [1.165, 1.54) is 16.7 Å². The number of ether oxygens (including phenoxy) is 1. The maximum absolute atomic E-state index is 16.6. The van der Waals surface area contributed by atoms with Crippen molar-refractivity contribution >= 4 is 62.1 Å². The molecule has 0 aliphatic carbocycles. The molecule has 35 heavy (non-hydrogen) atoms. The molecule has 2 saturated heterocycles. The first-order chi connectivity index (χ1) is 16.3. The molecular formula is C21H24BrClF3N5O3S. The highest BCUT2D eigenvalue weighted by Gasteiger charge is 2.69. The average Bonchev–Trinajstić information content (AvgIpc) is 2.95. The number of pyridine rings is 1. The third-order valence-corrected chi connectivity index (χ3v) is 7.44. The Hall–Kier alpha value is -1.57. The summed E-state index contributed by atoms with van der Waals surface area (Å²) in [5, 5.41) is 10.1. The molecule has 0 aromatic carbocycles. The lowest BCUT2D eigenvalue weighted by atomic mass is 10.00. The summed E-state index contributed by atoms with van der Waals surface area (Å²) in [5.41, 5.74) is -1.17. The summed E-state index contributed by atoms with van der Waals surface area (Å²) in [7, 11) is 0. The zero-order chi connectivity index (χ0) is 25.9. The maximum atomic E-state index is 16.6. The van der Waals surface area contributed by atoms with Crippen LogP contribution in [0.5, 0.6) is 0 Å². The van der Waals surface area contributed by atoms with Crippen molar-refractivity contribution in [2.75, 3.05) is 23.8 Å². The highest BCUT2D eigenvalue weighted by Crippen LogP contribution is 2.53. The molecule has 192 valence electrons. The number of hydrogen-bond acceptors (Lipinski definition) is 8. The van der Waals surface area contributed by atoms with Crippen LogP contribution in [0.4, 0.5) is 23.8 Å². The molecule has 0 saturated carbocycles. The number of carbonyl (C=O) groups is 1. The molecule has 2 bridgehead atoms. The van der Waals surface area contributed by atoms with Crippen LogP contribution in [0.15, 0.2) is 9.76 Å². The number of aliphatic hydroxyl groups is 1. The largest absolute Gasteiger partial charge is 0.444 e. The molecule has 3 atom stereocenters. The molecular weight excluding hydrogens is 575 g/mol. The van der Waals surface area contributed by atoms with E-state index in [2.05, 4.69) is 30.9 Å². The molecule has 14 heteroatoms. The molecule has 4 heterocycles. The summed E-state index contributed by atoms with van der Waals surface area (Å²) in [4.78, 5) is 27.2. The molecule has 1 N–H and O–H groups in total. The van der Waals surface area contributed by atoms with Gasteiger partial charge < -0.3 is 14.7 Å². The van der Waals surface area contributed by atoms with Crippen LogP contribution in [0.25, 0.3) is 10.9 Å². The Balaban J connectivity index is 1.90. The fourth-order valence-electron chi connectivity index (χ4n) is 4.55. The van der Waals surface area contributed by atoms with Crippen LogP contribution in [-0.4, -0.2) is 73.2 Å². The van der Waals surface area contributed by atoms with E-state index >= 15 is 8.78 Å². The number of anilines is 1. The van der Waals surface area contributed by atoms with Crippen molar-refractivity contribution in [3.05, 3.63) is 15.6 Å². The fraction of sp³-hybridized carbons (Fsp3) is 0.619. The van der Waals surface area contributed by atoms with E-state index in [1.54, 1.807) is 20.8 Å². The van der Waals surface area contributed by atoms with Crippen molar-refractivity contribution in [1.82, 2.24) is 19.9 Å². The second kappa shape index (κ2) is 9.07. The Morgan fingerprint density at radius 2 is 2.00 bits per heavy atom. The zero-order valence-electron chi connectivity index (χ0n) is 19.4. The summed E-state index contributed by atoms with van der Waals surface area (Å²) in [5.74, 6) is -5.49. The van der Waals surface area contributed by atoms with Gasteiger partial charge in [-0.3, -0.25) is 0 Å². The van der Waals surface area contributed by atoms with E-state index in [-0.39, 0.29) is 39.3 Å². The normalized spacial score (nSPS) is 26.5. The van der Waals surface area contributed by atoms with Crippen molar-refractivity contribution in [2.45, 2.75) is 68.9 Å². The number of fused-ring (bicyclic) bond motifs is 3. The molecule has 2 aromatic heterocycles. The molecule has 1 amide bonds. The van der Waals surface area contributed by atoms with Gasteiger partial charge in [0, 0.05) is 12.8 Å². The third kappa shape index (κ3) is 4.42. The van der Waals surface area contributed by atoms with Crippen LogP contribution in [-0.2, 0) is 4.74 Å². The van der Waals surface area contributed by atoms with E-state index in [9.17, 15) is 14.3 Å². The molecule has 4 rings (SSSR count). The quantitative estimate of drug-likeness (QED) is 0.221. The van der Waals surface area contributed by atoms with Crippen molar-refractivity contribution in [3.8, 4) is 0 Å². The van der Waals surface area contributed by atoms with Crippen molar-refractivity contribution < 1.29 is 27.8 Å². The number of aliphatic hydroxyl groups excluding tert-OH is 1. The first kappa shape index (κ1) is 26.5. The van der Waals surface area contributed by atoms with E-state index in [4.69, 9.17) is 16.3 Å². The van der Waals surface area contributed by atoms with E-state index in [0.717, 1.165) is 0 Å². The predicted molar refractivity (Wildman–Crippen MR) is 130 cm³/mol. The zero-order valence-corrected chi connectivity index (χ0v) is 22.6. The van der Waals surface area contributed by atoms with Gasteiger partial charge in [-0.15, -0.1) is 0 Å². The van der Waals surface area contributed by atoms with Crippen molar-refractivity contribution in [1.29, 1.82) is 0 Å². The second-order valence-electron chi connectivity index (χ2n) is 9.37. The summed E-state index contributed by atoms with van der Waals surface area (Å²) >= 11 is 10.3. The number of rotatable bonds is 4. The average molecular weight is 599 g/mol. The van der Waals surface area contributed by atoms with Gasteiger partial charge in [-0.05, 0) is 42.5 Å². The summed E-state index contributed by atoms with van der Waals surface area (Å²) in [6.07, 6.45) is -1.85. The minimum atomic E-state index is -2.62. The Bertz CT molecular complexity index is 1190. The topological polar surface area (TPSA) is 91.7 Å².